The topological polar surface area (TPSA) is 0 Å². The maximum Gasteiger partial charge on any atom is -0.0253 e. The molecule has 0 atom stereocenters. The maximum atomic E-state index is 3.30. The van der Waals surface area contributed by atoms with E-state index in [1.165, 1.54) is 44.5 Å². The second kappa shape index (κ2) is 10.0. The second-order valence-corrected chi connectivity index (χ2v) is 14.7. The normalized spacial score (nSPS) is 11.5. The van der Waals surface area contributed by atoms with Crippen molar-refractivity contribution in [3.63, 3.8) is 0 Å². The van der Waals surface area contributed by atoms with Crippen LogP contribution in [0.4, 0.5) is 0 Å². The molecule has 0 aliphatic heterocycles. The predicted octanol–water partition coefficient (Wildman–Crippen LogP) is 7.80. The van der Waals surface area contributed by atoms with Gasteiger partial charge in [-0.15, -0.1) is 11.1 Å². The van der Waals surface area contributed by atoms with Crippen LogP contribution in [0.2, 0.25) is 0 Å². The summed E-state index contributed by atoms with van der Waals surface area (Å²) in [6.45, 7) is 0. The van der Waals surface area contributed by atoms with Gasteiger partial charge >= 0.3 is 41.3 Å². The minimum Gasteiger partial charge on any atom is -0.179 e. The predicted molar refractivity (Wildman–Crippen MR) is 125 cm³/mol. The van der Waals surface area contributed by atoms with Gasteiger partial charge in [-0.25, -0.2) is 0 Å². The summed E-state index contributed by atoms with van der Waals surface area (Å²) in [6.07, 6.45) is 2.10. The first-order chi connectivity index (χ1) is 14.3. The quantitative estimate of drug-likeness (QED) is 0.137. The summed E-state index contributed by atoms with van der Waals surface area (Å²) in [7, 11) is 0. The van der Waals surface area contributed by atoms with E-state index in [9.17, 15) is 0 Å². The Morgan fingerprint density at radius 3 is 1.38 bits per heavy atom. The number of hydrogen-bond donors (Lipinski definition) is 0. The van der Waals surface area contributed by atoms with E-state index in [-0.39, 0.29) is 15.0 Å². The van der Waals surface area contributed by atoms with E-state index in [1.807, 2.05) is 12.1 Å². The van der Waals surface area contributed by atoms with Crippen LogP contribution in [0.15, 0.2) is 84.9 Å². The van der Waals surface area contributed by atoms with Crippen molar-refractivity contribution < 1.29 is 15.0 Å². The number of hydrogen-bond acceptors (Lipinski definition) is 0. The first kappa shape index (κ1) is 20.8. The molecular weight excluding hydrogens is 520 g/mol. The van der Waals surface area contributed by atoms with Gasteiger partial charge in [-0.3, -0.25) is 0 Å². The van der Waals surface area contributed by atoms with Gasteiger partial charge in [-0.2, -0.15) is 59.7 Å². The third-order valence-electron chi connectivity index (χ3n) is 5.23. The maximum absolute atomic E-state index is 3.30. The Hall–Kier alpha value is -1.45. The van der Waals surface area contributed by atoms with Crippen LogP contribution in [-0.4, -0.2) is 0 Å². The van der Waals surface area contributed by atoms with Gasteiger partial charge in [0.1, 0.15) is 0 Å². The van der Waals surface area contributed by atoms with Gasteiger partial charge in [0.15, 0.2) is 0 Å². The molecule has 0 fully saturated rings. The molecule has 4 aromatic carbocycles. The number of benzene rings is 4. The minimum absolute atomic E-state index is 0.125. The Labute approximate surface area is 194 Å². The molecule has 2 aliphatic rings. The molecule has 3 heteroatoms. The Morgan fingerprint density at radius 2 is 0.931 bits per heavy atom. The smallest absolute Gasteiger partial charge is 0.0253 e. The van der Waals surface area contributed by atoms with Crippen molar-refractivity contribution in [1.29, 1.82) is 0 Å². The van der Waals surface area contributed by atoms with Crippen LogP contribution in [0, 0.1) is 12.1 Å². The summed E-state index contributed by atoms with van der Waals surface area (Å²) in [6, 6.07) is 36.2. The van der Waals surface area contributed by atoms with Crippen molar-refractivity contribution in [3.8, 4) is 22.3 Å². The molecule has 0 saturated carbocycles. The van der Waals surface area contributed by atoms with Crippen LogP contribution in [0.1, 0.15) is 22.3 Å². The first-order valence-corrected chi connectivity index (χ1v) is 17.2. The van der Waals surface area contributed by atoms with Gasteiger partial charge in [-0.05, 0) is 12.8 Å². The summed E-state index contributed by atoms with van der Waals surface area (Å²) in [5.74, 6) is 0. The molecule has 6 rings (SSSR count). The average molecular weight is 538 g/mol. The molecular formula is C26H18Br2Ti-2. The summed E-state index contributed by atoms with van der Waals surface area (Å²) < 4.78 is 0. The fraction of sp³-hybridized carbons (Fsp3) is 0.0769. The fourth-order valence-electron chi connectivity index (χ4n) is 4.00. The zero-order chi connectivity index (χ0) is 20.1. The molecule has 0 aromatic heterocycles. The molecule has 0 spiro atoms. The fourth-order valence-corrected chi connectivity index (χ4v) is 4.00. The molecule has 0 amide bonds. The summed E-state index contributed by atoms with van der Waals surface area (Å²) in [4.78, 5) is 0. The molecule has 4 aromatic rings. The van der Waals surface area contributed by atoms with E-state index in [4.69, 9.17) is 0 Å². The SMILES string of the molecule is [Br][Ti][Br].[c-]1cccc2c1Cc1ccccc1-2.[c-]1cccc2c1Cc1ccccc1-2. The molecule has 0 heterocycles. The summed E-state index contributed by atoms with van der Waals surface area (Å²) in [5.41, 5.74) is 11.0. The Morgan fingerprint density at radius 1 is 0.552 bits per heavy atom. The van der Waals surface area contributed by atoms with Crippen LogP contribution >= 0.6 is 26.3 Å². The van der Waals surface area contributed by atoms with Crippen LogP contribution in [0.5, 0.6) is 0 Å². The van der Waals surface area contributed by atoms with Crippen molar-refractivity contribution in [2.24, 2.45) is 0 Å². The van der Waals surface area contributed by atoms with E-state index < -0.39 is 0 Å². The Balaban J connectivity index is 0.000000125. The van der Waals surface area contributed by atoms with Crippen LogP contribution in [0.3, 0.4) is 0 Å². The van der Waals surface area contributed by atoms with E-state index in [0.29, 0.717) is 0 Å². The largest absolute Gasteiger partial charge is 0.179 e. The number of halogens is 2. The summed E-state index contributed by atoms with van der Waals surface area (Å²) in [5, 5.41) is 0. The van der Waals surface area contributed by atoms with E-state index >= 15 is 0 Å². The van der Waals surface area contributed by atoms with Crippen molar-refractivity contribution in [1.82, 2.24) is 0 Å². The zero-order valence-corrected chi connectivity index (χ0v) is 20.5. The van der Waals surface area contributed by atoms with Gasteiger partial charge in [-0.1, -0.05) is 70.8 Å². The molecule has 0 unspecified atom stereocenters. The molecule has 2 aliphatic carbocycles. The number of fused-ring (bicyclic) bond motifs is 6. The van der Waals surface area contributed by atoms with E-state index in [0.717, 1.165) is 12.8 Å². The Bertz CT molecular complexity index is 945. The standard InChI is InChI=1S/2C13H9.2BrH.Ti/c2*1-3-7-12-10(5-1)9-11-6-2-4-8-13(11)12;;;/h2*1-5,7-8H,9H2;2*1H;/q2*-1;;;+2/p-2. The van der Waals surface area contributed by atoms with E-state index in [2.05, 4.69) is 111 Å². The molecule has 0 radical (unpaired) electrons. The van der Waals surface area contributed by atoms with E-state index in [1.54, 1.807) is 0 Å². The first-order valence-electron chi connectivity index (χ1n) is 9.43. The molecule has 142 valence electrons. The third kappa shape index (κ3) is 4.67. The summed E-state index contributed by atoms with van der Waals surface area (Å²) >= 11 is 6.50. The van der Waals surface area contributed by atoms with Gasteiger partial charge in [0.05, 0.1) is 0 Å². The second-order valence-electron chi connectivity index (χ2n) is 6.86. The van der Waals surface area contributed by atoms with Gasteiger partial charge in [0.25, 0.3) is 0 Å². The van der Waals surface area contributed by atoms with Gasteiger partial charge in [0.2, 0.25) is 0 Å². The molecule has 0 N–H and O–H groups in total. The van der Waals surface area contributed by atoms with Crippen LogP contribution < -0.4 is 0 Å². The van der Waals surface area contributed by atoms with Crippen molar-refractivity contribution in [2.75, 3.05) is 0 Å². The molecule has 0 bridgehead atoms. The number of rotatable bonds is 0. The average Bonchev–Trinajstić information content (AvgIpc) is 3.33. The molecule has 0 nitrogen and oxygen atoms in total. The zero-order valence-electron chi connectivity index (χ0n) is 15.8. The van der Waals surface area contributed by atoms with Crippen molar-refractivity contribution in [2.45, 2.75) is 12.8 Å². The van der Waals surface area contributed by atoms with Gasteiger partial charge in [0, 0.05) is 0 Å². The van der Waals surface area contributed by atoms with Crippen molar-refractivity contribution in [3.05, 3.63) is 119 Å². The minimum atomic E-state index is 0.125. The third-order valence-corrected chi connectivity index (χ3v) is 5.23. The Kier molecular flexibility index (Phi) is 7.21. The molecule has 0 saturated heterocycles. The van der Waals surface area contributed by atoms with Crippen molar-refractivity contribution >= 4 is 26.3 Å². The molecule has 29 heavy (non-hydrogen) atoms. The van der Waals surface area contributed by atoms with Crippen LogP contribution in [0.25, 0.3) is 22.3 Å². The monoisotopic (exact) mass is 536 g/mol. The van der Waals surface area contributed by atoms with Crippen LogP contribution in [-0.2, 0) is 27.8 Å². The van der Waals surface area contributed by atoms with Gasteiger partial charge < -0.3 is 0 Å².